The number of hydrogen-bond donors (Lipinski definition) is 0. The average molecular weight is 397 g/mol. The summed E-state index contributed by atoms with van der Waals surface area (Å²) < 4.78 is 5.48. The van der Waals surface area contributed by atoms with Crippen molar-refractivity contribution < 1.29 is 9.53 Å². The van der Waals surface area contributed by atoms with E-state index >= 15 is 0 Å². The highest BCUT2D eigenvalue weighted by Gasteiger charge is 2.17. The molecule has 0 bridgehead atoms. The quantitative estimate of drug-likeness (QED) is 0.143. The molecule has 0 spiro atoms. The second-order valence-corrected chi connectivity index (χ2v) is 9.15. The van der Waals surface area contributed by atoms with Crippen molar-refractivity contribution in [3.8, 4) is 0 Å². The Morgan fingerprint density at radius 2 is 1.07 bits per heavy atom. The van der Waals surface area contributed by atoms with E-state index in [0.717, 1.165) is 12.8 Å². The molecule has 0 aromatic heterocycles. The fraction of sp³-hybridized carbons (Fsp3) is 0.962. The first-order valence-electron chi connectivity index (χ1n) is 12.8. The van der Waals surface area contributed by atoms with Gasteiger partial charge in [0.1, 0.15) is 0 Å². The van der Waals surface area contributed by atoms with Crippen molar-refractivity contribution in [2.45, 2.75) is 143 Å². The molecule has 0 aliphatic rings. The van der Waals surface area contributed by atoms with Crippen molar-refractivity contribution in [1.82, 2.24) is 0 Å². The van der Waals surface area contributed by atoms with Crippen LogP contribution < -0.4 is 0 Å². The largest absolute Gasteiger partial charge is 0.465 e. The van der Waals surface area contributed by atoms with Gasteiger partial charge in [-0.3, -0.25) is 4.79 Å². The Kier molecular flexibility index (Phi) is 20.8. The minimum Gasteiger partial charge on any atom is -0.465 e. The van der Waals surface area contributed by atoms with Crippen LogP contribution >= 0.6 is 0 Å². The van der Waals surface area contributed by atoms with Gasteiger partial charge < -0.3 is 4.74 Å². The summed E-state index contributed by atoms with van der Waals surface area (Å²) in [5.74, 6) is 0.695. The SMILES string of the molecule is CCCCCCCCCCCCCCCCOC(=O)[C@H](C)C[C@@H](C)CCCC. The number of hydrogen-bond acceptors (Lipinski definition) is 2. The summed E-state index contributed by atoms with van der Waals surface area (Å²) in [4.78, 5) is 12.1. The van der Waals surface area contributed by atoms with Gasteiger partial charge in [0.05, 0.1) is 12.5 Å². The number of carbonyl (C=O) groups excluding carboxylic acids is 1. The molecule has 0 aliphatic heterocycles. The van der Waals surface area contributed by atoms with Crippen molar-refractivity contribution in [2.75, 3.05) is 6.61 Å². The maximum atomic E-state index is 12.1. The fourth-order valence-electron chi connectivity index (χ4n) is 3.98. The molecule has 0 aromatic carbocycles. The van der Waals surface area contributed by atoms with Gasteiger partial charge >= 0.3 is 5.97 Å². The number of rotatable bonds is 21. The lowest BCUT2D eigenvalue weighted by Crippen LogP contribution is -2.18. The maximum Gasteiger partial charge on any atom is 0.308 e. The molecule has 168 valence electrons. The Balaban J connectivity index is 3.33. The maximum absolute atomic E-state index is 12.1. The van der Waals surface area contributed by atoms with Crippen molar-refractivity contribution in [2.24, 2.45) is 11.8 Å². The third-order valence-electron chi connectivity index (χ3n) is 5.95. The zero-order chi connectivity index (χ0) is 20.9. The van der Waals surface area contributed by atoms with Gasteiger partial charge in [-0.15, -0.1) is 0 Å². The number of esters is 1. The van der Waals surface area contributed by atoms with Gasteiger partial charge in [0, 0.05) is 0 Å². The van der Waals surface area contributed by atoms with E-state index in [4.69, 9.17) is 4.74 Å². The molecule has 0 fully saturated rings. The first-order chi connectivity index (χ1) is 13.6. The number of ether oxygens (including phenoxy) is 1. The fourth-order valence-corrected chi connectivity index (χ4v) is 3.98. The van der Waals surface area contributed by atoms with E-state index in [1.54, 1.807) is 0 Å². The van der Waals surface area contributed by atoms with E-state index in [1.807, 2.05) is 6.92 Å². The summed E-state index contributed by atoms with van der Waals surface area (Å²) in [7, 11) is 0. The van der Waals surface area contributed by atoms with Crippen molar-refractivity contribution >= 4 is 5.97 Å². The first-order valence-corrected chi connectivity index (χ1v) is 12.8. The molecule has 0 amide bonds. The zero-order valence-corrected chi connectivity index (χ0v) is 19.9. The Morgan fingerprint density at radius 3 is 1.54 bits per heavy atom. The summed E-state index contributed by atoms with van der Waals surface area (Å²) in [5, 5.41) is 0. The number of carbonyl (C=O) groups is 1. The molecule has 0 aromatic rings. The van der Waals surface area contributed by atoms with E-state index in [1.165, 1.54) is 103 Å². The molecule has 0 saturated carbocycles. The molecule has 28 heavy (non-hydrogen) atoms. The lowest BCUT2D eigenvalue weighted by Gasteiger charge is -2.16. The first kappa shape index (κ1) is 27.5. The summed E-state index contributed by atoms with van der Waals surface area (Å²) in [6.45, 7) is 9.40. The minimum absolute atomic E-state index is 0.0121. The van der Waals surface area contributed by atoms with Gasteiger partial charge in [-0.05, 0) is 18.8 Å². The zero-order valence-electron chi connectivity index (χ0n) is 19.9. The third-order valence-corrected chi connectivity index (χ3v) is 5.95. The average Bonchev–Trinajstić information content (AvgIpc) is 2.69. The highest BCUT2D eigenvalue weighted by molar-refractivity contribution is 5.71. The van der Waals surface area contributed by atoms with Crippen LogP contribution in [0.15, 0.2) is 0 Å². The van der Waals surface area contributed by atoms with Crippen LogP contribution in [0.3, 0.4) is 0 Å². The molecule has 0 unspecified atom stereocenters. The molecule has 0 saturated heterocycles. The third kappa shape index (κ3) is 18.8. The summed E-state index contributed by atoms with van der Waals surface area (Å²) in [5.41, 5.74) is 0. The van der Waals surface area contributed by atoms with Crippen LogP contribution in [0, 0.1) is 11.8 Å². The standard InChI is InChI=1S/C26H52O2/c1-5-7-9-10-11-12-13-14-15-16-17-18-19-20-22-28-26(27)25(4)23-24(3)21-8-6-2/h24-25H,5-23H2,1-4H3/t24-,25+/m0/s1. The Hall–Kier alpha value is -0.530. The van der Waals surface area contributed by atoms with Crippen LogP contribution in [0.5, 0.6) is 0 Å². The normalized spacial score (nSPS) is 13.4. The minimum atomic E-state index is 0.0121. The second-order valence-electron chi connectivity index (χ2n) is 9.15. The molecular formula is C26H52O2. The van der Waals surface area contributed by atoms with E-state index in [-0.39, 0.29) is 11.9 Å². The van der Waals surface area contributed by atoms with Crippen LogP contribution in [0.2, 0.25) is 0 Å². The van der Waals surface area contributed by atoms with E-state index in [2.05, 4.69) is 20.8 Å². The Bertz CT molecular complexity index is 326. The van der Waals surface area contributed by atoms with Crippen LogP contribution in [-0.2, 0) is 9.53 Å². The second kappa shape index (κ2) is 21.2. The molecule has 0 heterocycles. The molecule has 2 atom stereocenters. The predicted molar refractivity (Wildman–Crippen MR) is 124 cm³/mol. The molecule has 0 N–H and O–H groups in total. The monoisotopic (exact) mass is 396 g/mol. The van der Waals surface area contributed by atoms with Crippen molar-refractivity contribution in [1.29, 1.82) is 0 Å². The molecule has 0 rings (SSSR count). The lowest BCUT2D eigenvalue weighted by atomic mass is 9.93. The molecule has 2 heteroatoms. The van der Waals surface area contributed by atoms with Gasteiger partial charge in [0.25, 0.3) is 0 Å². The van der Waals surface area contributed by atoms with Gasteiger partial charge in [0.15, 0.2) is 0 Å². The van der Waals surface area contributed by atoms with E-state index in [9.17, 15) is 4.79 Å². The van der Waals surface area contributed by atoms with Gasteiger partial charge in [-0.25, -0.2) is 0 Å². The van der Waals surface area contributed by atoms with Gasteiger partial charge in [-0.2, -0.15) is 0 Å². The van der Waals surface area contributed by atoms with E-state index < -0.39 is 0 Å². The Labute approximate surface area is 177 Å². The molecule has 0 radical (unpaired) electrons. The highest BCUT2D eigenvalue weighted by atomic mass is 16.5. The van der Waals surface area contributed by atoms with Crippen molar-refractivity contribution in [3.63, 3.8) is 0 Å². The van der Waals surface area contributed by atoms with Crippen molar-refractivity contribution in [3.05, 3.63) is 0 Å². The molecule has 0 aliphatic carbocycles. The summed E-state index contributed by atoms with van der Waals surface area (Å²) in [6.07, 6.45) is 23.7. The lowest BCUT2D eigenvalue weighted by molar-refractivity contribution is -0.148. The number of unbranched alkanes of at least 4 members (excludes halogenated alkanes) is 14. The Morgan fingerprint density at radius 1 is 0.643 bits per heavy atom. The van der Waals surface area contributed by atoms with Crippen LogP contribution in [-0.4, -0.2) is 12.6 Å². The van der Waals surface area contributed by atoms with Crippen LogP contribution in [0.1, 0.15) is 143 Å². The van der Waals surface area contributed by atoms with E-state index in [0.29, 0.717) is 12.5 Å². The van der Waals surface area contributed by atoms with Crippen LogP contribution in [0.4, 0.5) is 0 Å². The van der Waals surface area contributed by atoms with Gasteiger partial charge in [0.2, 0.25) is 0 Å². The highest BCUT2D eigenvalue weighted by Crippen LogP contribution is 2.19. The predicted octanol–water partition coefficient (Wildman–Crippen LogP) is 8.86. The molecule has 2 nitrogen and oxygen atoms in total. The van der Waals surface area contributed by atoms with Gasteiger partial charge in [-0.1, -0.05) is 130 Å². The summed E-state index contributed by atoms with van der Waals surface area (Å²) in [6, 6.07) is 0. The smallest absolute Gasteiger partial charge is 0.308 e. The summed E-state index contributed by atoms with van der Waals surface area (Å²) >= 11 is 0. The molecular weight excluding hydrogens is 344 g/mol. The van der Waals surface area contributed by atoms with Crippen LogP contribution in [0.25, 0.3) is 0 Å². The topological polar surface area (TPSA) is 26.3 Å².